The molecule has 2 nitrogen and oxygen atoms in total. The maximum absolute atomic E-state index is 13.4. The average Bonchev–Trinajstić information content (AvgIpc) is 2.44. The monoisotopic (exact) mass is 410 g/mol. The molecule has 0 aromatic carbocycles. The minimum Gasteiger partial charge on any atom is -0.462 e. The molecule has 0 aliphatic heterocycles. The molecular weight excluding hydrogens is 397 g/mol. The van der Waals surface area contributed by atoms with Gasteiger partial charge in [-0.1, -0.05) is 19.9 Å². The summed E-state index contributed by atoms with van der Waals surface area (Å²) in [7, 11) is 0. The summed E-state index contributed by atoms with van der Waals surface area (Å²) in [6.07, 6.45) is -9.16. The largest absolute Gasteiger partial charge is 0.462 e. The Labute approximate surface area is 140 Å². The van der Waals surface area contributed by atoms with Crippen LogP contribution in [0.3, 0.4) is 0 Å². The van der Waals surface area contributed by atoms with Gasteiger partial charge in [-0.15, -0.1) is 0 Å². The van der Waals surface area contributed by atoms with Crippen molar-refractivity contribution >= 4 is 5.97 Å². The molecule has 0 saturated heterocycles. The highest BCUT2D eigenvalue weighted by molar-refractivity contribution is 5.87. The second-order valence-corrected chi connectivity index (χ2v) is 5.20. The Morgan fingerprint density at radius 3 is 1.69 bits per heavy atom. The molecule has 0 fully saturated rings. The van der Waals surface area contributed by atoms with E-state index >= 15 is 0 Å². The Morgan fingerprint density at radius 2 is 1.31 bits per heavy atom. The predicted octanol–water partition coefficient (Wildman–Crippen LogP) is 5.38. The lowest BCUT2D eigenvalue weighted by atomic mass is 9.94. The molecule has 0 bridgehead atoms. The van der Waals surface area contributed by atoms with Crippen LogP contribution in [0.2, 0.25) is 0 Å². The number of carbonyl (C=O) groups excluding carboxylic acids is 1. The third-order valence-electron chi connectivity index (χ3n) is 3.06. The number of hydrogen-bond acceptors (Lipinski definition) is 2. The summed E-state index contributed by atoms with van der Waals surface area (Å²) in [5.74, 6) is -30.0. The van der Waals surface area contributed by atoms with Crippen LogP contribution in [0.15, 0.2) is 12.2 Å². The molecule has 0 aliphatic carbocycles. The Morgan fingerprint density at radius 1 is 0.846 bits per heavy atom. The van der Waals surface area contributed by atoms with E-state index in [4.69, 9.17) is 0 Å². The van der Waals surface area contributed by atoms with Gasteiger partial charge < -0.3 is 4.74 Å². The number of esters is 1. The van der Waals surface area contributed by atoms with Gasteiger partial charge in [-0.3, -0.25) is 0 Å². The molecular formula is C13H13F11O2. The first-order valence-electron chi connectivity index (χ1n) is 6.79. The van der Waals surface area contributed by atoms with Gasteiger partial charge in [0.2, 0.25) is 0 Å². The van der Waals surface area contributed by atoms with Gasteiger partial charge in [0, 0.05) is 12.0 Å². The van der Waals surface area contributed by atoms with Crippen LogP contribution in [0.5, 0.6) is 0 Å². The number of ether oxygens (including phenoxy) is 1. The molecule has 0 aromatic rings. The summed E-state index contributed by atoms with van der Waals surface area (Å²) in [5.41, 5.74) is -1.50. The zero-order valence-electron chi connectivity index (χ0n) is 13.0. The van der Waals surface area contributed by atoms with Gasteiger partial charge in [0.15, 0.2) is 0 Å². The van der Waals surface area contributed by atoms with Crippen LogP contribution >= 0.6 is 0 Å². The maximum Gasteiger partial charge on any atom is 0.460 e. The third-order valence-corrected chi connectivity index (χ3v) is 3.06. The summed E-state index contributed by atoms with van der Waals surface area (Å²) in [4.78, 5) is 11.2. The van der Waals surface area contributed by atoms with Crippen LogP contribution in [0.4, 0.5) is 48.3 Å². The molecule has 26 heavy (non-hydrogen) atoms. The fourth-order valence-corrected chi connectivity index (χ4v) is 1.47. The molecule has 0 heterocycles. The number of rotatable bonds is 9. The zero-order valence-corrected chi connectivity index (χ0v) is 13.0. The summed E-state index contributed by atoms with van der Waals surface area (Å²) < 4.78 is 145. The first-order chi connectivity index (χ1) is 11.4. The lowest BCUT2D eigenvalue weighted by molar-refractivity contribution is -0.421. The first kappa shape index (κ1) is 24.4. The molecule has 0 spiro atoms. The Kier molecular flexibility index (Phi) is 7.13. The van der Waals surface area contributed by atoms with E-state index in [1.54, 1.807) is 6.92 Å². The molecule has 0 unspecified atom stereocenters. The van der Waals surface area contributed by atoms with E-state index in [1.807, 2.05) is 0 Å². The Hall–Kier alpha value is -1.56. The molecule has 13 heteroatoms. The van der Waals surface area contributed by atoms with Gasteiger partial charge in [0.05, 0.1) is 6.61 Å². The average molecular weight is 410 g/mol. The van der Waals surface area contributed by atoms with Crippen molar-refractivity contribution < 1.29 is 57.8 Å². The van der Waals surface area contributed by atoms with Gasteiger partial charge in [0.25, 0.3) is 0 Å². The highest BCUT2D eigenvalue weighted by atomic mass is 19.4. The SMILES string of the molecule is C=C(CC(F)(F)C(F)(F)C(F)(F)C(F)(F)C(F)(F)F)C(=O)OCCCC. The van der Waals surface area contributed by atoms with E-state index in [-0.39, 0.29) is 13.0 Å². The molecule has 0 saturated carbocycles. The standard InChI is InChI=1S/C13H13F11O2/c1-3-4-5-26-8(25)7(2)6-9(14,15)10(16,17)11(18,19)12(20,21)13(22,23)24/h2-6H2,1H3. The normalized spacial score (nSPS) is 14.3. The van der Waals surface area contributed by atoms with Gasteiger partial charge in [0.1, 0.15) is 0 Å². The predicted molar refractivity (Wildman–Crippen MR) is 65.5 cm³/mol. The second kappa shape index (κ2) is 7.59. The molecule has 154 valence electrons. The fraction of sp³-hybridized carbons (Fsp3) is 0.769. The maximum atomic E-state index is 13.4. The van der Waals surface area contributed by atoms with Crippen molar-refractivity contribution in [3.05, 3.63) is 12.2 Å². The van der Waals surface area contributed by atoms with Crippen molar-refractivity contribution in [1.82, 2.24) is 0 Å². The van der Waals surface area contributed by atoms with E-state index in [0.717, 1.165) is 0 Å². The number of halogens is 11. The molecule has 0 atom stereocenters. The van der Waals surface area contributed by atoms with Crippen LogP contribution in [0.1, 0.15) is 26.2 Å². The van der Waals surface area contributed by atoms with Gasteiger partial charge in [-0.05, 0) is 6.42 Å². The Bertz CT molecular complexity index is 523. The van der Waals surface area contributed by atoms with E-state index in [1.165, 1.54) is 0 Å². The summed E-state index contributed by atoms with van der Waals surface area (Å²) >= 11 is 0. The minimum absolute atomic E-state index is 0.224. The number of alkyl halides is 11. The van der Waals surface area contributed by atoms with Crippen molar-refractivity contribution in [2.45, 2.75) is 56.1 Å². The smallest absolute Gasteiger partial charge is 0.460 e. The quantitative estimate of drug-likeness (QED) is 0.221. The summed E-state index contributed by atoms with van der Waals surface area (Å²) in [6, 6.07) is 0. The molecule has 0 aromatic heterocycles. The third kappa shape index (κ3) is 4.40. The van der Waals surface area contributed by atoms with Crippen molar-refractivity contribution in [1.29, 1.82) is 0 Å². The van der Waals surface area contributed by atoms with Crippen molar-refractivity contribution in [2.75, 3.05) is 6.61 Å². The van der Waals surface area contributed by atoms with Crippen LogP contribution in [0.25, 0.3) is 0 Å². The molecule has 0 rings (SSSR count). The molecule has 0 N–H and O–H groups in total. The van der Waals surface area contributed by atoms with Crippen LogP contribution < -0.4 is 0 Å². The van der Waals surface area contributed by atoms with Crippen molar-refractivity contribution in [3.8, 4) is 0 Å². The van der Waals surface area contributed by atoms with E-state index in [9.17, 15) is 53.1 Å². The van der Waals surface area contributed by atoms with Gasteiger partial charge in [-0.25, -0.2) is 4.79 Å². The highest BCUT2D eigenvalue weighted by Crippen LogP contribution is 2.58. The number of unbranched alkanes of at least 4 members (excludes halogenated alkanes) is 1. The van der Waals surface area contributed by atoms with Gasteiger partial charge >= 0.3 is 35.8 Å². The van der Waals surface area contributed by atoms with E-state index in [2.05, 4.69) is 11.3 Å². The molecule has 0 amide bonds. The first-order valence-corrected chi connectivity index (χ1v) is 6.79. The lowest BCUT2D eigenvalue weighted by Crippen LogP contribution is -2.66. The molecule has 0 aliphatic rings. The van der Waals surface area contributed by atoms with Crippen LogP contribution in [-0.2, 0) is 9.53 Å². The van der Waals surface area contributed by atoms with Crippen molar-refractivity contribution in [2.24, 2.45) is 0 Å². The fourth-order valence-electron chi connectivity index (χ4n) is 1.47. The zero-order chi connectivity index (χ0) is 21.2. The van der Waals surface area contributed by atoms with Crippen molar-refractivity contribution in [3.63, 3.8) is 0 Å². The highest BCUT2D eigenvalue weighted by Gasteiger charge is 2.86. The van der Waals surface area contributed by atoms with Crippen LogP contribution in [-0.4, -0.2) is 42.4 Å². The van der Waals surface area contributed by atoms with Gasteiger partial charge in [-0.2, -0.15) is 48.3 Å². The van der Waals surface area contributed by atoms with E-state index in [0.29, 0.717) is 6.42 Å². The summed E-state index contributed by atoms with van der Waals surface area (Å²) in [5, 5.41) is 0. The van der Waals surface area contributed by atoms with Crippen LogP contribution in [0, 0.1) is 0 Å². The van der Waals surface area contributed by atoms with E-state index < -0.39 is 47.8 Å². The topological polar surface area (TPSA) is 26.3 Å². The summed E-state index contributed by atoms with van der Waals surface area (Å²) in [6.45, 7) is 3.85. The number of carbonyl (C=O) groups is 1. The lowest BCUT2D eigenvalue weighted by Gasteiger charge is -2.37. The molecule has 0 radical (unpaired) electrons. The second-order valence-electron chi connectivity index (χ2n) is 5.20. The number of hydrogen-bond donors (Lipinski definition) is 0. The minimum atomic E-state index is -7.51. The Balaban J connectivity index is 5.55.